The minimum Gasteiger partial charge on any atom is -0.375 e. The average molecular weight is 348 g/mol. The van der Waals surface area contributed by atoms with E-state index in [1.807, 2.05) is 13.8 Å². The molecule has 1 fully saturated rings. The zero-order valence-electron chi connectivity index (χ0n) is 11.1. The van der Waals surface area contributed by atoms with Gasteiger partial charge in [-0.2, -0.15) is 4.31 Å². The van der Waals surface area contributed by atoms with E-state index in [-0.39, 0.29) is 6.10 Å². The molecule has 1 aliphatic rings. The highest BCUT2D eigenvalue weighted by atomic mass is 79.9. The van der Waals surface area contributed by atoms with Crippen molar-refractivity contribution < 1.29 is 13.2 Å². The summed E-state index contributed by atoms with van der Waals surface area (Å²) < 4.78 is 33.1. The Morgan fingerprint density at radius 1 is 1.47 bits per heavy atom. The van der Waals surface area contributed by atoms with Crippen LogP contribution in [-0.4, -0.2) is 38.5 Å². The number of aryl methyl sites for hydroxylation is 1. The van der Waals surface area contributed by atoms with Gasteiger partial charge < -0.3 is 4.74 Å². The SMILES string of the molecule is CC[C@@H]1CN(S(=O)(=O)c2ccc(Br)c(C)c2)CCO1. The van der Waals surface area contributed by atoms with Crippen LogP contribution in [0.15, 0.2) is 27.6 Å². The summed E-state index contributed by atoms with van der Waals surface area (Å²) in [7, 11) is -3.41. The molecule has 1 aliphatic heterocycles. The summed E-state index contributed by atoms with van der Waals surface area (Å²) in [5.41, 5.74) is 0.918. The summed E-state index contributed by atoms with van der Waals surface area (Å²) in [6.45, 7) is 5.22. The van der Waals surface area contributed by atoms with Gasteiger partial charge in [0.1, 0.15) is 0 Å². The largest absolute Gasteiger partial charge is 0.375 e. The molecule has 2 rings (SSSR count). The summed E-state index contributed by atoms with van der Waals surface area (Å²) >= 11 is 3.38. The Kier molecular flexibility index (Phi) is 4.66. The first kappa shape index (κ1) is 15.0. The number of benzene rings is 1. The van der Waals surface area contributed by atoms with Crippen LogP contribution < -0.4 is 0 Å². The van der Waals surface area contributed by atoms with E-state index in [2.05, 4.69) is 15.9 Å². The molecular weight excluding hydrogens is 330 g/mol. The summed E-state index contributed by atoms with van der Waals surface area (Å²) in [5, 5.41) is 0. The smallest absolute Gasteiger partial charge is 0.243 e. The lowest BCUT2D eigenvalue weighted by molar-refractivity contribution is -0.00277. The van der Waals surface area contributed by atoms with Crippen LogP contribution in [0.5, 0.6) is 0 Å². The van der Waals surface area contributed by atoms with Crippen LogP contribution in [0.2, 0.25) is 0 Å². The van der Waals surface area contributed by atoms with Gasteiger partial charge in [0.2, 0.25) is 10.0 Å². The molecule has 106 valence electrons. The lowest BCUT2D eigenvalue weighted by Gasteiger charge is -2.31. The molecule has 1 heterocycles. The fraction of sp³-hybridized carbons (Fsp3) is 0.538. The lowest BCUT2D eigenvalue weighted by atomic mass is 10.2. The second kappa shape index (κ2) is 5.91. The monoisotopic (exact) mass is 347 g/mol. The molecule has 0 radical (unpaired) electrons. The van der Waals surface area contributed by atoms with E-state index >= 15 is 0 Å². The Morgan fingerprint density at radius 3 is 2.84 bits per heavy atom. The van der Waals surface area contributed by atoms with Gasteiger partial charge in [-0.3, -0.25) is 0 Å². The number of halogens is 1. The Labute approximate surface area is 122 Å². The number of ether oxygens (including phenoxy) is 1. The molecule has 19 heavy (non-hydrogen) atoms. The van der Waals surface area contributed by atoms with Gasteiger partial charge in [0.05, 0.1) is 17.6 Å². The Morgan fingerprint density at radius 2 is 2.21 bits per heavy atom. The highest BCUT2D eigenvalue weighted by Gasteiger charge is 2.30. The molecule has 1 atom stereocenters. The van der Waals surface area contributed by atoms with Crippen molar-refractivity contribution in [2.75, 3.05) is 19.7 Å². The zero-order chi connectivity index (χ0) is 14.0. The molecule has 0 bridgehead atoms. The van der Waals surface area contributed by atoms with Gasteiger partial charge in [-0.1, -0.05) is 22.9 Å². The van der Waals surface area contributed by atoms with E-state index in [9.17, 15) is 8.42 Å². The molecule has 0 aromatic heterocycles. The second-order valence-corrected chi connectivity index (χ2v) is 7.47. The standard InChI is InChI=1S/C13H18BrNO3S/c1-3-11-9-15(6-7-18-11)19(16,17)12-4-5-13(14)10(2)8-12/h4-5,8,11H,3,6-7,9H2,1-2H3/t11-/m1/s1. The van der Waals surface area contributed by atoms with Crippen molar-refractivity contribution in [2.24, 2.45) is 0 Å². The minimum absolute atomic E-state index is 0.0000651. The van der Waals surface area contributed by atoms with Crippen molar-refractivity contribution in [3.8, 4) is 0 Å². The van der Waals surface area contributed by atoms with Gasteiger partial charge in [-0.25, -0.2) is 8.42 Å². The molecule has 0 spiro atoms. The van der Waals surface area contributed by atoms with Gasteiger partial charge in [0.25, 0.3) is 0 Å². The molecular formula is C13H18BrNO3S. The normalized spacial score (nSPS) is 21.5. The van der Waals surface area contributed by atoms with Gasteiger partial charge in [0, 0.05) is 17.6 Å². The molecule has 4 nitrogen and oxygen atoms in total. The quantitative estimate of drug-likeness (QED) is 0.844. The topological polar surface area (TPSA) is 46.6 Å². The third-order valence-electron chi connectivity index (χ3n) is 3.32. The van der Waals surface area contributed by atoms with Crippen LogP contribution in [0.4, 0.5) is 0 Å². The molecule has 1 saturated heterocycles. The fourth-order valence-electron chi connectivity index (χ4n) is 2.08. The number of nitrogens with zero attached hydrogens (tertiary/aromatic N) is 1. The summed E-state index contributed by atoms with van der Waals surface area (Å²) in [6, 6.07) is 5.12. The number of morpholine rings is 1. The number of rotatable bonds is 3. The Balaban J connectivity index is 2.28. The number of sulfonamides is 1. The Hall–Kier alpha value is -0.430. The second-order valence-electron chi connectivity index (χ2n) is 4.68. The third kappa shape index (κ3) is 3.18. The van der Waals surface area contributed by atoms with E-state index in [0.29, 0.717) is 24.6 Å². The van der Waals surface area contributed by atoms with Crippen molar-refractivity contribution >= 4 is 26.0 Å². The van der Waals surface area contributed by atoms with E-state index in [1.165, 1.54) is 4.31 Å². The van der Waals surface area contributed by atoms with E-state index < -0.39 is 10.0 Å². The summed E-state index contributed by atoms with van der Waals surface area (Å²) in [5.74, 6) is 0. The molecule has 1 aromatic rings. The van der Waals surface area contributed by atoms with Crippen LogP contribution >= 0.6 is 15.9 Å². The van der Waals surface area contributed by atoms with E-state index in [0.717, 1.165) is 16.5 Å². The maximum Gasteiger partial charge on any atom is 0.243 e. The first-order valence-electron chi connectivity index (χ1n) is 6.33. The molecule has 0 aliphatic carbocycles. The van der Waals surface area contributed by atoms with Crippen molar-refractivity contribution in [3.63, 3.8) is 0 Å². The van der Waals surface area contributed by atoms with Crippen LogP contribution in [0.1, 0.15) is 18.9 Å². The van der Waals surface area contributed by atoms with Gasteiger partial charge in [-0.15, -0.1) is 0 Å². The van der Waals surface area contributed by atoms with E-state index in [4.69, 9.17) is 4.74 Å². The predicted octanol–water partition coefficient (Wildman–Crippen LogP) is 2.56. The molecule has 0 unspecified atom stereocenters. The molecule has 6 heteroatoms. The summed E-state index contributed by atoms with van der Waals surface area (Å²) in [6.07, 6.45) is 0.825. The van der Waals surface area contributed by atoms with Gasteiger partial charge in [-0.05, 0) is 37.1 Å². The first-order chi connectivity index (χ1) is 8.95. The minimum atomic E-state index is -3.41. The van der Waals surface area contributed by atoms with Crippen LogP contribution in [0.3, 0.4) is 0 Å². The Bertz CT molecular complexity index is 559. The number of hydrogen-bond donors (Lipinski definition) is 0. The lowest BCUT2D eigenvalue weighted by Crippen LogP contribution is -2.45. The van der Waals surface area contributed by atoms with Crippen molar-refractivity contribution in [1.29, 1.82) is 0 Å². The molecule has 0 saturated carbocycles. The van der Waals surface area contributed by atoms with Crippen molar-refractivity contribution in [3.05, 3.63) is 28.2 Å². The molecule has 0 N–H and O–H groups in total. The van der Waals surface area contributed by atoms with Gasteiger partial charge in [0.15, 0.2) is 0 Å². The highest BCUT2D eigenvalue weighted by molar-refractivity contribution is 9.10. The van der Waals surface area contributed by atoms with Gasteiger partial charge >= 0.3 is 0 Å². The van der Waals surface area contributed by atoms with Crippen LogP contribution in [-0.2, 0) is 14.8 Å². The molecule has 0 amide bonds. The van der Waals surface area contributed by atoms with E-state index in [1.54, 1.807) is 18.2 Å². The molecule has 1 aromatic carbocycles. The number of hydrogen-bond acceptors (Lipinski definition) is 3. The third-order valence-corrected chi connectivity index (χ3v) is 6.07. The van der Waals surface area contributed by atoms with Crippen molar-refractivity contribution in [1.82, 2.24) is 4.31 Å². The first-order valence-corrected chi connectivity index (χ1v) is 8.56. The predicted molar refractivity (Wildman–Crippen MR) is 77.7 cm³/mol. The average Bonchev–Trinajstić information content (AvgIpc) is 2.41. The van der Waals surface area contributed by atoms with Crippen LogP contribution in [0, 0.1) is 6.92 Å². The zero-order valence-corrected chi connectivity index (χ0v) is 13.5. The van der Waals surface area contributed by atoms with Crippen LogP contribution in [0.25, 0.3) is 0 Å². The van der Waals surface area contributed by atoms with Crippen molar-refractivity contribution in [2.45, 2.75) is 31.3 Å². The maximum atomic E-state index is 12.6. The summed E-state index contributed by atoms with van der Waals surface area (Å²) in [4.78, 5) is 0.352. The maximum absolute atomic E-state index is 12.6. The highest BCUT2D eigenvalue weighted by Crippen LogP contribution is 2.24. The fourth-order valence-corrected chi connectivity index (χ4v) is 3.87.